The van der Waals surface area contributed by atoms with E-state index in [2.05, 4.69) is 10.1 Å². The van der Waals surface area contributed by atoms with E-state index in [-0.39, 0.29) is 17.9 Å². The molecule has 0 spiro atoms. The lowest BCUT2D eigenvalue weighted by atomic mass is 9.82. The van der Waals surface area contributed by atoms with Crippen LogP contribution in [0.1, 0.15) is 18.5 Å². The molecule has 1 aromatic rings. The zero-order chi connectivity index (χ0) is 18.1. The van der Waals surface area contributed by atoms with E-state index >= 15 is 0 Å². The number of rotatable bonds is 3. The van der Waals surface area contributed by atoms with Crippen molar-refractivity contribution in [1.82, 2.24) is 10.6 Å². The normalized spacial score (nSPS) is 27.1. The van der Waals surface area contributed by atoms with Crippen molar-refractivity contribution in [1.29, 1.82) is 0 Å². The molecule has 0 aromatic heterocycles. The molecule has 1 heterocycles. The van der Waals surface area contributed by atoms with Crippen LogP contribution in [0.5, 0.6) is 5.75 Å². The lowest BCUT2D eigenvalue weighted by Gasteiger charge is -2.44. The molecule has 4 N–H and O–H groups in total. The van der Waals surface area contributed by atoms with E-state index in [9.17, 15) is 33.0 Å². The Hall–Kier alpha value is -2.49. The summed E-state index contributed by atoms with van der Waals surface area (Å²) in [7, 11) is 0. The van der Waals surface area contributed by atoms with Crippen LogP contribution in [0.2, 0.25) is 0 Å². The van der Waals surface area contributed by atoms with Crippen LogP contribution in [-0.2, 0) is 9.53 Å². The first kappa shape index (κ1) is 17.9. The van der Waals surface area contributed by atoms with Gasteiger partial charge in [0.1, 0.15) is 11.7 Å². The van der Waals surface area contributed by atoms with E-state index in [0.717, 1.165) is 0 Å². The lowest BCUT2D eigenvalue weighted by Crippen LogP contribution is -2.73. The van der Waals surface area contributed by atoms with Crippen LogP contribution in [0.25, 0.3) is 0 Å². The largest absolute Gasteiger partial charge is 0.508 e. The Labute approximate surface area is 134 Å². The van der Waals surface area contributed by atoms with E-state index in [0.29, 0.717) is 0 Å². The fourth-order valence-corrected chi connectivity index (χ4v) is 2.50. The molecule has 0 saturated carbocycles. The van der Waals surface area contributed by atoms with E-state index in [4.69, 9.17) is 0 Å². The summed E-state index contributed by atoms with van der Waals surface area (Å²) < 4.78 is 44.7. The second-order valence-electron chi connectivity index (χ2n) is 5.16. The van der Waals surface area contributed by atoms with Crippen molar-refractivity contribution in [3.05, 3.63) is 29.8 Å². The molecule has 1 aliphatic heterocycles. The van der Waals surface area contributed by atoms with Gasteiger partial charge in [-0.1, -0.05) is 12.1 Å². The third-order valence-electron chi connectivity index (χ3n) is 3.60. The minimum atomic E-state index is -5.32. The van der Waals surface area contributed by atoms with Gasteiger partial charge in [-0.2, -0.15) is 13.2 Å². The Morgan fingerprint density at radius 3 is 2.42 bits per heavy atom. The van der Waals surface area contributed by atoms with Crippen molar-refractivity contribution in [3.8, 4) is 5.75 Å². The van der Waals surface area contributed by atoms with Crippen LogP contribution in [0, 0.1) is 5.92 Å². The molecule has 2 rings (SSSR count). The standard InChI is InChI=1S/C14H15F3N2O5/c1-2-24-11(21)9-10(7-3-5-8(20)6-4-7)18-12(22)19-13(9,23)14(15,16)17/h3-6,9-10,20,23H,2H2,1H3,(H2,18,19,22)/t9-,10-,13+/m1/s1. The molecule has 1 saturated heterocycles. The summed E-state index contributed by atoms with van der Waals surface area (Å²) in [4.78, 5) is 23.7. The number of hydrogen-bond acceptors (Lipinski definition) is 5. The summed E-state index contributed by atoms with van der Waals surface area (Å²) in [6.07, 6.45) is -5.32. The van der Waals surface area contributed by atoms with Gasteiger partial charge in [-0.15, -0.1) is 0 Å². The van der Waals surface area contributed by atoms with E-state index in [1.54, 1.807) is 0 Å². The molecule has 1 aliphatic rings. The lowest BCUT2D eigenvalue weighted by molar-refractivity contribution is -0.294. The Morgan fingerprint density at radius 2 is 1.92 bits per heavy atom. The first-order valence-corrected chi connectivity index (χ1v) is 6.93. The molecular formula is C14H15F3N2O5. The number of benzene rings is 1. The number of aliphatic hydroxyl groups is 1. The zero-order valence-corrected chi connectivity index (χ0v) is 12.4. The topological polar surface area (TPSA) is 108 Å². The van der Waals surface area contributed by atoms with Crippen LogP contribution >= 0.6 is 0 Å². The third-order valence-corrected chi connectivity index (χ3v) is 3.60. The Morgan fingerprint density at radius 1 is 1.33 bits per heavy atom. The summed E-state index contributed by atoms with van der Waals surface area (Å²) in [6.45, 7) is 1.19. The minimum absolute atomic E-state index is 0.0865. The average molecular weight is 348 g/mol. The average Bonchev–Trinajstić information content (AvgIpc) is 2.46. The molecule has 24 heavy (non-hydrogen) atoms. The fraction of sp³-hybridized carbons (Fsp3) is 0.429. The highest BCUT2D eigenvalue weighted by Gasteiger charge is 2.67. The Balaban J connectivity index is 2.55. The van der Waals surface area contributed by atoms with Crippen LogP contribution < -0.4 is 10.6 Å². The quantitative estimate of drug-likeness (QED) is 0.614. The molecule has 0 radical (unpaired) electrons. The second kappa shape index (κ2) is 6.19. The molecular weight excluding hydrogens is 333 g/mol. The van der Waals surface area contributed by atoms with Gasteiger partial charge in [0.25, 0.3) is 5.72 Å². The highest BCUT2D eigenvalue weighted by atomic mass is 19.4. The van der Waals surface area contributed by atoms with Crippen LogP contribution in [0.3, 0.4) is 0 Å². The van der Waals surface area contributed by atoms with Crippen molar-refractivity contribution in [3.63, 3.8) is 0 Å². The summed E-state index contributed by atoms with van der Waals surface area (Å²) in [5.41, 5.74) is -3.71. The number of amides is 2. The second-order valence-corrected chi connectivity index (χ2v) is 5.16. The number of phenols is 1. The molecule has 10 heteroatoms. The van der Waals surface area contributed by atoms with Gasteiger partial charge in [0.2, 0.25) is 0 Å². The number of carbonyl (C=O) groups excluding carboxylic acids is 2. The predicted molar refractivity (Wildman–Crippen MR) is 73.6 cm³/mol. The Bertz CT molecular complexity index is 634. The van der Waals surface area contributed by atoms with Crippen LogP contribution in [0.15, 0.2) is 24.3 Å². The van der Waals surface area contributed by atoms with Crippen molar-refractivity contribution in [2.45, 2.75) is 24.9 Å². The molecule has 0 aliphatic carbocycles. The number of esters is 1. The number of aromatic hydroxyl groups is 1. The van der Waals surface area contributed by atoms with Gasteiger partial charge in [-0.25, -0.2) is 4.79 Å². The summed E-state index contributed by atoms with van der Waals surface area (Å²) in [6, 6.07) is 2.01. The maximum atomic E-state index is 13.4. The number of hydrogen-bond donors (Lipinski definition) is 4. The summed E-state index contributed by atoms with van der Waals surface area (Å²) in [5, 5.41) is 22.9. The highest BCUT2D eigenvalue weighted by molar-refractivity contribution is 5.83. The monoisotopic (exact) mass is 348 g/mol. The molecule has 2 amide bonds. The first-order valence-electron chi connectivity index (χ1n) is 6.93. The smallest absolute Gasteiger partial charge is 0.437 e. The molecule has 1 fully saturated rings. The maximum Gasteiger partial charge on any atom is 0.437 e. The fourth-order valence-electron chi connectivity index (χ4n) is 2.50. The van der Waals surface area contributed by atoms with Crippen LogP contribution in [-0.4, -0.2) is 40.7 Å². The van der Waals surface area contributed by atoms with Gasteiger partial charge in [0.15, 0.2) is 0 Å². The molecule has 132 valence electrons. The maximum absolute atomic E-state index is 13.4. The van der Waals surface area contributed by atoms with Gasteiger partial charge in [-0.05, 0) is 24.6 Å². The predicted octanol–water partition coefficient (Wildman–Crippen LogP) is 1.18. The molecule has 3 atom stereocenters. The summed E-state index contributed by atoms with van der Waals surface area (Å²) in [5.74, 6) is -3.67. The van der Waals surface area contributed by atoms with Crippen molar-refractivity contribution < 1.29 is 37.7 Å². The van der Waals surface area contributed by atoms with E-state index in [1.165, 1.54) is 36.5 Å². The molecule has 1 aromatic carbocycles. The number of ether oxygens (including phenoxy) is 1. The number of nitrogens with one attached hydrogen (secondary N) is 2. The van der Waals surface area contributed by atoms with Gasteiger partial charge in [-0.3, -0.25) is 4.79 Å². The van der Waals surface area contributed by atoms with E-state index in [1.807, 2.05) is 0 Å². The zero-order valence-electron chi connectivity index (χ0n) is 12.4. The van der Waals surface area contributed by atoms with Crippen molar-refractivity contribution >= 4 is 12.0 Å². The van der Waals surface area contributed by atoms with E-state index < -0.39 is 35.9 Å². The number of phenolic OH excluding ortho intramolecular Hbond substituents is 1. The molecule has 0 unspecified atom stereocenters. The SMILES string of the molecule is CCOC(=O)[C@H]1[C@@H](c2ccc(O)cc2)NC(=O)N[C@@]1(O)C(F)(F)F. The Kier molecular flexibility index (Phi) is 4.61. The minimum Gasteiger partial charge on any atom is -0.508 e. The third kappa shape index (κ3) is 3.09. The molecule has 0 bridgehead atoms. The number of urea groups is 1. The van der Waals surface area contributed by atoms with Gasteiger partial charge in [0, 0.05) is 0 Å². The molecule has 7 nitrogen and oxygen atoms in total. The first-order chi connectivity index (χ1) is 11.1. The summed E-state index contributed by atoms with van der Waals surface area (Å²) >= 11 is 0. The number of halogens is 3. The van der Waals surface area contributed by atoms with Crippen molar-refractivity contribution in [2.75, 3.05) is 6.61 Å². The van der Waals surface area contributed by atoms with Gasteiger partial charge >= 0.3 is 18.2 Å². The number of carbonyl (C=O) groups is 2. The number of alkyl halides is 3. The highest BCUT2D eigenvalue weighted by Crippen LogP contribution is 2.43. The van der Waals surface area contributed by atoms with Crippen LogP contribution in [0.4, 0.5) is 18.0 Å². The van der Waals surface area contributed by atoms with Gasteiger partial charge in [0.05, 0.1) is 12.6 Å². The van der Waals surface area contributed by atoms with Gasteiger partial charge < -0.3 is 25.6 Å². The van der Waals surface area contributed by atoms with Crippen molar-refractivity contribution in [2.24, 2.45) is 5.92 Å².